The number of carbonyl (C=O) groups is 1. The van der Waals surface area contributed by atoms with Crippen LogP contribution in [0.1, 0.15) is 6.42 Å². The molecule has 0 aliphatic heterocycles. The van der Waals surface area contributed by atoms with Crippen LogP contribution in [0.15, 0.2) is 0 Å². The third-order valence-corrected chi connectivity index (χ3v) is 1.03. The van der Waals surface area contributed by atoms with E-state index in [1.807, 2.05) is 4.72 Å². The van der Waals surface area contributed by atoms with Crippen LogP contribution in [0.2, 0.25) is 0 Å². The molecule has 54 valence electrons. The quantitative estimate of drug-likeness (QED) is 0.466. The molecule has 0 spiro atoms. The monoisotopic (exact) mass is 151 g/mol. The van der Waals surface area contributed by atoms with E-state index < -0.39 is 17.2 Å². The molecule has 5 nitrogen and oxygen atoms in total. The third-order valence-electron chi connectivity index (χ3n) is 0.591. The first-order valence-corrected chi connectivity index (χ1v) is 3.31. The number of nitrogens with two attached hydrogens (primary N) is 1. The lowest BCUT2D eigenvalue weighted by Gasteiger charge is -2.03. The van der Waals surface area contributed by atoms with Gasteiger partial charge in [-0.1, -0.05) is 0 Å². The van der Waals surface area contributed by atoms with Gasteiger partial charge in [-0.25, -0.2) is 4.72 Å². The van der Waals surface area contributed by atoms with E-state index in [4.69, 9.17) is 5.73 Å². The Balaban J connectivity index is 3.10. The normalized spacial score (nSPS) is 13.0. The summed E-state index contributed by atoms with van der Waals surface area (Å²) in [5, 5.41) is 0. The molecule has 0 aliphatic rings. The van der Waals surface area contributed by atoms with Crippen LogP contribution in [0.5, 0.6) is 0 Å². The Labute approximate surface area is 55.0 Å². The minimum Gasteiger partial charge on any atom is -0.760 e. The largest absolute Gasteiger partial charge is 0.760 e. The van der Waals surface area contributed by atoms with Crippen molar-refractivity contribution in [1.29, 1.82) is 0 Å². The summed E-state index contributed by atoms with van der Waals surface area (Å²) in [6.45, 7) is 0.0748. The predicted molar refractivity (Wildman–Crippen MR) is 30.7 cm³/mol. The first kappa shape index (κ1) is 8.54. The summed E-state index contributed by atoms with van der Waals surface area (Å²) < 4.78 is 21.4. The summed E-state index contributed by atoms with van der Waals surface area (Å²) in [5.74, 6) is -0.520. The van der Waals surface area contributed by atoms with Gasteiger partial charge in [0.05, 0.1) is 0 Å². The number of hydrogen-bond acceptors (Lipinski definition) is 3. The van der Waals surface area contributed by atoms with Gasteiger partial charge in [0.1, 0.15) is 0 Å². The highest BCUT2D eigenvalue weighted by molar-refractivity contribution is 7.77. The molecule has 1 unspecified atom stereocenters. The molecule has 0 aromatic carbocycles. The minimum absolute atomic E-state index is 0.0357. The van der Waals surface area contributed by atoms with Crippen LogP contribution in [-0.2, 0) is 16.1 Å². The van der Waals surface area contributed by atoms with Crippen molar-refractivity contribution in [2.24, 2.45) is 5.73 Å². The van der Waals surface area contributed by atoms with Gasteiger partial charge < -0.3 is 10.3 Å². The number of carbonyl (C=O) groups excluding carboxylic acids is 1. The van der Waals surface area contributed by atoms with E-state index in [1.165, 1.54) is 0 Å². The van der Waals surface area contributed by atoms with Gasteiger partial charge in [0.25, 0.3) is 0 Å². The Kier molecular flexibility index (Phi) is 4.20. The number of nitrogens with one attached hydrogen (secondary N) is 1. The Morgan fingerprint density at radius 1 is 1.78 bits per heavy atom. The number of hydrogen-bond donors (Lipinski definition) is 2. The molecule has 0 radical (unpaired) electrons. The van der Waals surface area contributed by atoms with Crippen molar-refractivity contribution in [3.05, 3.63) is 0 Å². The number of primary amides is 1. The molecule has 9 heavy (non-hydrogen) atoms. The lowest BCUT2D eigenvalue weighted by Crippen LogP contribution is -2.23. The lowest BCUT2D eigenvalue weighted by atomic mass is 10.4. The Morgan fingerprint density at radius 2 is 2.33 bits per heavy atom. The molecule has 0 bridgehead atoms. The highest BCUT2D eigenvalue weighted by Gasteiger charge is 1.90. The summed E-state index contributed by atoms with van der Waals surface area (Å²) in [6.07, 6.45) is 0.0357. The summed E-state index contributed by atoms with van der Waals surface area (Å²) in [6, 6.07) is 0. The fourth-order valence-electron chi connectivity index (χ4n) is 0.258. The van der Waals surface area contributed by atoms with E-state index in [9.17, 15) is 13.6 Å². The second kappa shape index (κ2) is 4.42. The number of rotatable bonds is 4. The maximum Gasteiger partial charge on any atom is 0.218 e. The van der Waals surface area contributed by atoms with Crippen molar-refractivity contribution in [3.8, 4) is 0 Å². The second-order valence-corrected chi connectivity index (χ2v) is 2.10. The van der Waals surface area contributed by atoms with Gasteiger partial charge in [-0.3, -0.25) is 9.00 Å². The standard InChI is InChI=1S/C3H8N2O3S/c4-3(6)1-2-5-9(7)8/h5H,1-2H2,(H2,4,6)(H,7,8)/p-1. The van der Waals surface area contributed by atoms with Crippen LogP contribution < -0.4 is 10.5 Å². The molecule has 1 amide bonds. The van der Waals surface area contributed by atoms with Gasteiger partial charge in [0.15, 0.2) is 0 Å². The first-order chi connectivity index (χ1) is 4.13. The van der Waals surface area contributed by atoms with Gasteiger partial charge in [-0.05, 0) is 0 Å². The van der Waals surface area contributed by atoms with Crippen molar-refractivity contribution < 1.29 is 13.6 Å². The van der Waals surface area contributed by atoms with Crippen molar-refractivity contribution in [2.75, 3.05) is 6.54 Å². The van der Waals surface area contributed by atoms with Crippen molar-refractivity contribution in [3.63, 3.8) is 0 Å². The SMILES string of the molecule is NC(=O)CCNS(=O)[O-]. The molecule has 3 N–H and O–H groups in total. The van der Waals surface area contributed by atoms with Crippen LogP contribution in [0, 0.1) is 0 Å². The Bertz CT molecular complexity index is 112. The Morgan fingerprint density at radius 3 is 2.67 bits per heavy atom. The molecule has 6 heteroatoms. The van der Waals surface area contributed by atoms with E-state index in [0.29, 0.717) is 0 Å². The van der Waals surface area contributed by atoms with Crippen molar-refractivity contribution >= 4 is 17.2 Å². The smallest absolute Gasteiger partial charge is 0.218 e. The molecule has 0 heterocycles. The number of amides is 1. The fraction of sp³-hybridized carbons (Fsp3) is 0.667. The topological polar surface area (TPSA) is 95.2 Å². The van der Waals surface area contributed by atoms with Crippen LogP contribution >= 0.6 is 0 Å². The average Bonchev–Trinajstić information content (AvgIpc) is 1.63. The molecular formula is C3H7N2O3S-. The lowest BCUT2D eigenvalue weighted by molar-refractivity contribution is -0.117. The first-order valence-electron chi connectivity index (χ1n) is 2.24. The fourth-order valence-corrected chi connectivity index (χ4v) is 0.526. The van der Waals surface area contributed by atoms with E-state index in [1.54, 1.807) is 0 Å². The van der Waals surface area contributed by atoms with Crippen LogP contribution in [0.3, 0.4) is 0 Å². The zero-order valence-electron chi connectivity index (χ0n) is 4.62. The maximum absolute atomic E-state index is 9.96. The van der Waals surface area contributed by atoms with E-state index in [0.717, 1.165) is 0 Å². The minimum atomic E-state index is -2.29. The predicted octanol–water partition coefficient (Wildman–Crippen LogP) is -1.75. The summed E-state index contributed by atoms with van der Waals surface area (Å²) in [7, 11) is 0. The molecule has 0 rings (SSSR count). The highest BCUT2D eigenvalue weighted by Crippen LogP contribution is 1.72. The summed E-state index contributed by atoms with van der Waals surface area (Å²) in [5.41, 5.74) is 4.70. The average molecular weight is 151 g/mol. The summed E-state index contributed by atoms with van der Waals surface area (Å²) in [4.78, 5) is 9.96. The zero-order chi connectivity index (χ0) is 7.28. The zero-order valence-corrected chi connectivity index (χ0v) is 5.44. The van der Waals surface area contributed by atoms with Gasteiger partial charge >= 0.3 is 0 Å². The third kappa shape index (κ3) is 7.54. The van der Waals surface area contributed by atoms with Crippen LogP contribution in [0.4, 0.5) is 0 Å². The molecule has 0 fully saturated rings. The van der Waals surface area contributed by atoms with Gasteiger partial charge in [0, 0.05) is 24.2 Å². The van der Waals surface area contributed by atoms with E-state index >= 15 is 0 Å². The highest BCUT2D eigenvalue weighted by atomic mass is 32.2. The van der Waals surface area contributed by atoms with Crippen molar-refractivity contribution in [1.82, 2.24) is 4.72 Å². The molecule has 1 atom stereocenters. The van der Waals surface area contributed by atoms with Crippen molar-refractivity contribution in [2.45, 2.75) is 6.42 Å². The maximum atomic E-state index is 9.96. The van der Waals surface area contributed by atoms with Crippen LogP contribution in [0.25, 0.3) is 0 Å². The van der Waals surface area contributed by atoms with Gasteiger partial charge in [0.2, 0.25) is 5.91 Å². The molecule has 0 saturated heterocycles. The summed E-state index contributed by atoms with van der Waals surface area (Å²) >= 11 is -2.29. The molecule has 0 aromatic rings. The molecular weight excluding hydrogens is 144 g/mol. The van der Waals surface area contributed by atoms with E-state index in [2.05, 4.69) is 0 Å². The van der Waals surface area contributed by atoms with E-state index in [-0.39, 0.29) is 13.0 Å². The van der Waals surface area contributed by atoms with Gasteiger partial charge in [-0.15, -0.1) is 0 Å². The molecule has 0 aromatic heterocycles. The van der Waals surface area contributed by atoms with Crippen LogP contribution in [-0.4, -0.2) is 21.2 Å². The molecule has 0 saturated carbocycles. The second-order valence-electron chi connectivity index (χ2n) is 1.35. The van der Waals surface area contributed by atoms with Gasteiger partial charge in [-0.2, -0.15) is 0 Å². The Hall–Kier alpha value is -0.460. The molecule has 0 aliphatic carbocycles.